The summed E-state index contributed by atoms with van der Waals surface area (Å²) < 4.78 is 0. The van der Waals surface area contributed by atoms with Crippen LogP contribution in [0.15, 0.2) is 4.99 Å². The molecule has 1 N–H and O–H groups in total. The zero-order chi connectivity index (χ0) is 15.9. The first-order chi connectivity index (χ1) is 10.6. The molecule has 0 aromatic rings. The Morgan fingerprint density at radius 1 is 1.09 bits per heavy atom. The number of nitrogens with zero attached hydrogens (tertiary/aromatic N) is 4. The molecule has 6 nitrogen and oxygen atoms in total. The van der Waals surface area contributed by atoms with Crippen LogP contribution in [0.2, 0.25) is 0 Å². The minimum atomic E-state index is 0. The Hall–Kier alpha value is -0.570. The predicted molar refractivity (Wildman–Crippen MR) is 105 cm³/mol. The van der Waals surface area contributed by atoms with Crippen LogP contribution in [0.5, 0.6) is 0 Å². The Morgan fingerprint density at radius 3 is 2.22 bits per heavy atom. The minimum absolute atomic E-state index is 0. The molecule has 2 rings (SSSR count). The second-order valence-corrected chi connectivity index (χ2v) is 6.49. The molecule has 0 aliphatic carbocycles. The second-order valence-electron chi connectivity index (χ2n) is 6.49. The van der Waals surface area contributed by atoms with Crippen molar-refractivity contribution in [2.75, 3.05) is 59.4 Å². The van der Waals surface area contributed by atoms with Crippen LogP contribution < -0.4 is 5.32 Å². The predicted octanol–water partition coefficient (Wildman–Crippen LogP) is 1.08. The number of carbonyl (C=O) groups is 1. The van der Waals surface area contributed by atoms with E-state index in [4.69, 9.17) is 0 Å². The summed E-state index contributed by atoms with van der Waals surface area (Å²) in [6, 6.07) is 0. The van der Waals surface area contributed by atoms with Crippen molar-refractivity contribution in [3.63, 3.8) is 0 Å². The highest BCUT2D eigenvalue weighted by molar-refractivity contribution is 14.0. The number of piperidine rings is 1. The van der Waals surface area contributed by atoms with Crippen molar-refractivity contribution < 1.29 is 4.79 Å². The number of hydrogen-bond acceptors (Lipinski definition) is 3. The Balaban J connectivity index is 0.00000264. The number of amides is 1. The second kappa shape index (κ2) is 10.3. The first-order valence-corrected chi connectivity index (χ1v) is 8.53. The summed E-state index contributed by atoms with van der Waals surface area (Å²) in [6.07, 6.45) is 2.52. The maximum absolute atomic E-state index is 11.3. The molecule has 2 heterocycles. The first-order valence-electron chi connectivity index (χ1n) is 8.53. The van der Waals surface area contributed by atoms with Crippen LogP contribution in [0, 0.1) is 5.92 Å². The molecule has 0 saturated carbocycles. The van der Waals surface area contributed by atoms with E-state index in [0.29, 0.717) is 0 Å². The van der Waals surface area contributed by atoms with Gasteiger partial charge in [0.2, 0.25) is 5.91 Å². The fourth-order valence-corrected chi connectivity index (χ4v) is 3.16. The minimum Gasteiger partial charge on any atom is -0.355 e. The van der Waals surface area contributed by atoms with Gasteiger partial charge in [0.15, 0.2) is 5.96 Å². The molecule has 1 amide bonds. The van der Waals surface area contributed by atoms with E-state index in [0.717, 1.165) is 64.2 Å². The summed E-state index contributed by atoms with van der Waals surface area (Å²) >= 11 is 0. The molecule has 0 atom stereocenters. The van der Waals surface area contributed by atoms with Crippen LogP contribution in [0.4, 0.5) is 0 Å². The summed E-state index contributed by atoms with van der Waals surface area (Å²) in [5.41, 5.74) is 0. The van der Waals surface area contributed by atoms with Crippen molar-refractivity contribution in [3.8, 4) is 0 Å². The van der Waals surface area contributed by atoms with Gasteiger partial charge in [0.25, 0.3) is 0 Å². The fraction of sp³-hybridized carbons (Fsp3) is 0.875. The van der Waals surface area contributed by atoms with Gasteiger partial charge in [-0.15, -0.1) is 24.0 Å². The average Bonchev–Trinajstić information content (AvgIpc) is 2.53. The van der Waals surface area contributed by atoms with Crippen LogP contribution in [-0.2, 0) is 4.79 Å². The molecule has 2 saturated heterocycles. The summed E-state index contributed by atoms with van der Waals surface area (Å²) in [6.45, 7) is 11.8. The molecular formula is C16H32IN5O. The Kier molecular flexibility index (Phi) is 9.19. The van der Waals surface area contributed by atoms with Gasteiger partial charge in [0.05, 0.1) is 0 Å². The Bertz CT molecular complexity index is 388. The third kappa shape index (κ3) is 6.45. The fourth-order valence-electron chi connectivity index (χ4n) is 3.16. The molecule has 134 valence electrons. The number of nitrogens with one attached hydrogen (secondary N) is 1. The topological polar surface area (TPSA) is 51.2 Å². The van der Waals surface area contributed by atoms with Gasteiger partial charge in [-0.2, -0.15) is 0 Å². The molecule has 0 bridgehead atoms. The summed E-state index contributed by atoms with van der Waals surface area (Å²) in [5.74, 6) is 2.07. The van der Waals surface area contributed by atoms with Crippen molar-refractivity contribution in [3.05, 3.63) is 0 Å². The molecule has 0 spiro atoms. The van der Waals surface area contributed by atoms with Gasteiger partial charge in [-0.05, 0) is 18.8 Å². The third-order valence-corrected chi connectivity index (χ3v) is 4.82. The number of likely N-dealkylation sites (tertiary alicyclic amines) is 1. The molecular weight excluding hydrogens is 405 g/mol. The van der Waals surface area contributed by atoms with Gasteiger partial charge >= 0.3 is 0 Å². The van der Waals surface area contributed by atoms with Crippen LogP contribution >= 0.6 is 24.0 Å². The standard InChI is InChI=1S/C16H31N5O.HI/c1-14-4-7-21(8-5-14)16(17-3)18-6-9-19-10-12-20(13-11-19)15(2)22;/h14H,4-13H2,1-3H3,(H,17,18);1H. The highest BCUT2D eigenvalue weighted by Gasteiger charge is 2.20. The summed E-state index contributed by atoms with van der Waals surface area (Å²) in [5, 5.41) is 3.49. The van der Waals surface area contributed by atoms with E-state index in [1.165, 1.54) is 12.8 Å². The lowest BCUT2D eigenvalue weighted by molar-refractivity contribution is -0.130. The normalized spacial score (nSPS) is 21.1. The monoisotopic (exact) mass is 437 g/mol. The van der Waals surface area contributed by atoms with Crippen LogP contribution in [0.1, 0.15) is 26.7 Å². The zero-order valence-corrected chi connectivity index (χ0v) is 17.1. The van der Waals surface area contributed by atoms with Crippen LogP contribution in [0.25, 0.3) is 0 Å². The highest BCUT2D eigenvalue weighted by atomic mass is 127. The van der Waals surface area contributed by atoms with Gasteiger partial charge in [-0.25, -0.2) is 0 Å². The van der Waals surface area contributed by atoms with Crippen molar-refractivity contribution in [1.29, 1.82) is 0 Å². The average molecular weight is 437 g/mol. The molecule has 0 radical (unpaired) electrons. The van der Waals surface area contributed by atoms with E-state index in [2.05, 4.69) is 27.0 Å². The lowest BCUT2D eigenvalue weighted by Crippen LogP contribution is -2.51. The van der Waals surface area contributed by atoms with Crippen LogP contribution in [0.3, 0.4) is 0 Å². The molecule has 0 aromatic carbocycles. The zero-order valence-electron chi connectivity index (χ0n) is 14.8. The van der Waals surface area contributed by atoms with Crippen LogP contribution in [-0.4, -0.2) is 86.0 Å². The highest BCUT2D eigenvalue weighted by Crippen LogP contribution is 2.15. The first kappa shape index (κ1) is 20.5. The lowest BCUT2D eigenvalue weighted by atomic mass is 10.00. The van der Waals surface area contributed by atoms with E-state index < -0.39 is 0 Å². The number of halogens is 1. The maximum Gasteiger partial charge on any atom is 0.219 e. The van der Waals surface area contributed by atoms with E-state index in [1.807, 2.05) is 11.9 Å². The van der Waals surface area contributed by atoms with Crippen molar-refractivity contribution >= 4 is 35.8 Å². The van der Waals surface area contributed by atoms with Gasteiger partial charge in [0, 0.05) is 66.3 Å². The molecule has 23 heavy (non-hydrogen) atoms. The molecule has 0 unspecified atom stereocenters. The number of carbonyl (C=O) groups excluding carboxylic acids is 1. The number of hydrogen-bond donors (Lipinski definition) is 1. The SMILES string of the molecule is CN=C(NCCN1CCN(C(C)=O)CC1)N1CCC(C)CC1.I. The van der Waals surface area contributed by atoms with Crippen molar-refractivity contribution in [2.24, 2.45) is 10.9 Å². The maximum atomic E-state index is 11.3. The molecule has 0 aromatic heterocycles. The largest absolute Gasteiger partial charge is 0.355 e. The lowest BCUT2D eigenvalue weighted by Gasteiger charge is -2.35. The van der Waals surface area contributed by atoms with E-state index in [-0.39, 0.29) is 29.9 Å². The third-order valence-electron chi connectivity index (χ3n) is 4.82. The van der Waals surface area contributed by atoms with E-state index in [9.17, 15) is 4.79 Å². The molecule has 2 aliphatic rings. The molecule has 7 heteroatoms. The summed E-state index contributed by atoms with van der Waals surface area (Å²) in [7, 11) is 1.87. The number of piperazine rings is 1. The van der Waals surface area contributed by atoms with Crippen molar-refractivity contribution in [2.45, 2.75) is 26.7 Å². The molecule has 2 aliphatic heterocycles. The summed E-state index contributed by atoms with van der Waals surface area (Å²) in [4.78, 5) is 22.4. The molecule has 2 fully saturated rings. The van der Waals surface area contributed by atoms with Gasteiger partial charge in [-0.1, -0.05) is 6.92 Å². The van der Waals surface area contributed by atoms with Gasteiger partial charge in [0.1, 0.15) is 0 Å². The Labute approximate surface area is 157 Å². The van der Waals surface area contributed by atoms with E-state index >= 15 is 0 Å². The van der Waals surface area contributed by atoms with Gasteiger partial charge < -0.3 is 15.1 Å². The smallest absolute Gasteiger partial charge is 0.219 e. The number of rotatable bonds is 3. The van der Waals surface area contributed by atoms with Crippen molar-refractivity contribution in [1.82, 2.24) is 20.0 Å². The Morgan fingerprint density at radius 2 is 1.70 bits per heavy atom. The quantitative estimate of drug-likeness (QED) is 0.408. The van der Waals surface area contributed by atoms with E-state index in [1.54, 1.807) is 6.92 Å². The van der Waals surface area contributed by atoms with Gasteiger partial charge in [-0.3, -0.25) is 14.7 Å². The number of guanidine groups is 1. The number of aliphatic imine (C=N–C) groups is 1.